The summed E-state index contributed by atoms with van der Waals surface area (Å²) in [4.78, 5) is 0.629. The highest BCUT2D eigenvalue weighted by atomic mass is 35.5. The van der Waals surface area contributed by atoms with Crippen LogP contribution in [0.1, 0.15) is 11.1 Å². The second-order valence-electron chi connectivity index (χ2n) is 4.38. The molecule has 2 aromatic rings. The summed E-state index contributed by atoms with van der Waals surface area (Å²) in [6.45, 7) is 0.630. The van der Waals surface area contributed by atoms with Crippen molar-refractivity contribution in [3.63, 3.8) is 0 Å². The predicted octanol–water partition coefficient (Wildman–Crippen LogP) is 3.82. The smallest absolute Gasteiger partial charge is 0.132 e. The van der Waals surface area contributed by atoms with Crippen LogP contribution < -0.4 is 14.8 Å². The van der Waals surface area contributed by atoms with Gasteiger partial charge in [0.1, 0.15) is 16.5 Å². The molecular formula is C16H16ClNO2S. The fourth-order valence-corrected chi connectivity index (χ4v) is 2.23. The number of nitrogens with one attached hydrogen (secondary N) is 1. The van der Waals surface area contributed by atoms with Gasteiger partial charge >= 0.3 is 0 Å². The van der Waals surface area contributed by atoms with Crippen molar-refractivity contribution in [3.05, 3.63) is 58.6 Å². The highest BCUT2D eigenvalue weighted by molar-refractivity contribution is 7.80. The van der Waals surface area contributed by atoms with E-state index in [-0.39, 0.29) is 0 Å². The highest BCUT2D eigenvalue weighted by Crippen LogP contribution is 2.24. The molecule has 2 aromatic carbocycles. The van der Waals surface area contributed by atoms with Crippen LogP contribution in [0.2, 0.25) is 5.02 Å². The van der Waals surface area contributed by atoms with Gasteiger partial charge in [-0.25, -0.2) is 0 Å². The Labute approximate surface area is 134 Å². The Bertz CT molecular complexity index is 629. The maximum absolute atomic E-state index is 5.86. The molecule has 0 atom stereocenters. The summed E-state index contributed by atoms with van der Waals surface area (Å²) in [5, 5.41) is 3.93. The monoisotopic (exact) mass is 321 g/mol. The fraction of sp³-hybridized carbons (Fsp3) is 0.188. The standard InChI is InChI=1S/C16H16ClNO2S/c1-19-13-7-8-14(15(9-13)20-2)16(21)18-10-11-3-5-12(17)6-4-11/h3-9H,10H2,1-2H3,(H,18,21). The van der Waals surface area contributed by atoms with Crippen LogP contribution in [-0.2, 0) is 6.54 Å². The van der Waals surface area contributed by atoms with Gasteiger partial charge in [-0.3, -0.25) is 0 Å². The summed E-state index contributed by atoms with van der Waals surface area (Å²) in [5.74, 6) is 1.42. The Morgan fingerprint density at radius 2 is 1.81 bits per heavy atom. The van der Waals surface area contributed by atoms with Gasteiger partial charge in [0.2, 0.25) is 0 Å². The van der Waals surface area contributed by atoms with Crippen molar-refractivity contribution in [2.75, 3.05) is 14.2 Å². The molecule has 2 rings (SSSR count). The van der Waals surface area contributed by atoms with E-state index in [1.807, 2.05) is 42.5 Å². The van der Waals surface area contributed by atoms with Crippen LogP contribution >= 0.6 is 23.8 Å². The van der Waals surface area contributed by atoms with Gasteiger partial charge in [0.25, 0.3) is 0 Å². The van der Waals surface area contributed by atoms with E-state index >= 15 is 0 Å². The normalized spacial score (nSPS) is 10.0. The van der Waals surface area contributed by atoms with Gasteiger partial charge in [0, 0.05) is 17.6 Å². The van der Waals surface area contributed by atoms with E-state index in [1.165, 1.54) is 0 Å². The van der Waals surface area contributed by atoms with Crippen LogP contribution in [0.4, 0.5) is 0 Å². The minimum atomic E-state index is 0.629. The molecule has 0 radical (unpaired) electrons. The fourth-order valence-electron chi connectivity index (χ4n) is 1.87. The zero-order chi connectivity index (χ0) is 15.2. The zero-order valence-corrected chi connectivity index (χ0v) is 13.4. The van der Waals surface area contributed by atoms with Crippen LogP contribution in [0.5, 0.6) is 11.5 Å². The maximum atomic E-state index is 5.86. The predicted molar refractivity (Wildman–Crippen MR) is 89.5 cm³/mol. The molecular weight excluding hydrogens is 306 g/mol. The van der Waals surface area contributed by atoms with Crippen molar-refractivity contribution in [2.45, 2.75) is 6.54 Å². The van der Waals surface area contributed by atoms with Gasteiger partial charge < -0.3 is 14.8 Å². The van der Waals surface area contributed by atoms with E-state index in [0.717, 1.165) is 21.9 Å². The molecule has 0 heterocycles. The lowest BCUT2D eigenvalue weighted by molar-refractivity contribution is 0.394. The van der Waals surface area contributed by atoms with Crippen molar-refractivity contribution in [2.24, 2.45) is 0 Å². The Morgan fingerprint density at radius 1 is 1.10 bits per heavy atom. The third-order valence-electron chi connectivity index (χ3n) is 3.02. The minimum Gasteiger partial charge on any atom is -0.497 e. The maximum Gasteiger partial charge on any atom is 0.132 e. The molecule has 0 bridgehead atoms. The van der Waals surface area contributed by atoms with Crippen LogP contribution in [0.25, 0.3) is 0 Å². The molecule has 0 saturated carbocycles. The lowest BCUT2D eigenvalue weighted by atomic mass is 10.1. The Hall–Kier alpha value is -1.78. The quantitative estimate of drug-likeness (QED) is 0.848. The number of methoxy groups -OCH3 is 2. The molecule has 5 heteroatoms. The first kappa shape index (κ1) is 15.6. The number of hydrogen-bond acceptors (Lipinski definition) is 3. The lowest BCUT2D eigenvalue weighted by Gasteiger charge is -2.13. The van der Waals surface area contributed by atoms with Gasteiger partial charge in [-0.1, -0.05) is 36.0 Å². The summed E-state index contributed by atoms with van der Waals surface area (Å²) in [5.41, 5.74) is 1.94. The largest absolute Gasteiger partial charge is 0.497 e. The minimum absolute atomic E-state index is 0.629. The highest BCUT2D eigenvalue weighted by Gasteiger charge is 2.09. The molecule has 0 aliphatic carbocycles. The molecule has 0 saturated heterocycles. The molecule has 0 aliphatic rings. The van der Waals surface area contributed by atoms with E-state index in [0.29, 0.717) is 17.3 Å². The molecule has 0 amide bonds. The lowest BCUT2D eigenvalue weighted by Crippen LogP contribution is -2.22. The van der Waals surface area contributed by atoms with Gasteiger partial charge in [0.15, 0.2) is 0 Å². The average molecular weight is 322 g/mol. The Kier molecular flexibility index (Phi) is 5.42. The second kappa shape index (κ2) is 7.29. The first-order valence-corrected chi connectivity index (χ1v) is 7.17. The molecule has 110 valence electrons. The molecule has 0 spiro atoms. The molecule has 0 fully saturated rings. The molecule has 3 nitrogen and oxygen atoms in total. The van der Waals surface area contributed by atoms with E-state index in [4.69, 9.17) is 33.3 Å². The van der Waals surface area contributed by atoms with Gasteiger partial charge in [-0.2, -0.15) is 0 Å². The average Bonchev–Trinajstić information content (AvgIpc) is 2.53. The first-order valence-electron chi connectivity index (χ1n) is 6.38. The molecule has 1 N–H and O–H groups in total. The van der Waals surface area contributed by atoms with E-state index < -0.39 is 0 Å². The second-order valence-corrected chi connectivity index (χ2v) is 5.22. The van der Waals surface area contributed by atoms with Crippen molar-refractivity contribution >= 4 is 28.8 Å². The third-order valence-corrected chi connectivity index (χ3v) is 3.64. The number of ether oxygens (including phenoxy) is 2. The van der Waals surface area contributed by atoms with Gasteiger partial charge in [0.05, 0.1) is 19.8 Å². The van der Waals surface area contributed by atoms with Crippen molar-refractivity contribution in [3.8, 4) is 11.5 Å². The molecule has 0 aliphatic heterocycles. The number of hydrogen-bond donors (Lipinski definition) is 1. The summed E-state index contributed by atoms with van der Waals surface area (Å²) in [7, 11) is 3.23. The molecule has 0 unspecified atom stereocenters. The molecule has 21 heavy (non-hydrogen) atoms. The van der Waals surface area contributed by atoms with Crippen molar-refractivity contribution in [1.82, 2.24) is 5.32 Å². The van der Waals surface area contributed by atoms with Gasteiger partial charge in [-0.05, 0) is 29.8 Å². The summed E-state index contributed by atoms with van der Waals surface area (Å²) < 4.78 is 10.5. The summed E-state index contributed by atoms with van der Waals surface area (Å²) in [6.07, 6.45) is 0. The SMILES string of the molecule is COc1ccc(C(=S)NCc2ccc(Cl)cc2)c(OC)c1. The van der Waals surface area contributed by atoms with E-state index in [1.54, 1.807) is 14.2 Å². The zero-order valence-electron chi connectivity index (χ0n) is 11.9. The Morgan fingerprint density at radius 3 is 2.43 bits per heavy atom. The van der Waals surface area contributed by atoms with Crippen LogP contribution in [-0.4, -0.2) is 19.2 Å². The third kappa shape index (κ3) is 4.09. The number of halogens is 1. The number of rotatable bonds is 5. The van der Waals surface area contributed by atoms with Crippen LogP contribution in [0, 0.1) is 0 Å². The summed E-state index contributed by atoms with van der Waals surface area (Å²) in [6, 6.07) is 13.2. The van der Waals surface area contributed by atoms with Crippen LogP contribution in [0.3, 0.4) is 0 Å². The van der Waals surface area contributed by atoms with E-state index in [2.05, 4.69) is 5.32 Å². The number of thiocarbonyl (C=S) groups is 1. The van der Waals surface area contributed by atoms with Crippen LogP contribution in [0.15, 0.2) is 42.5 Å². The van der Waals surface area contributed by atoms with E-state index in [9.17, 15) is 0 Å². The van der Waals surface area contributed by atoms with Crippen molar-refractivity contribution < 1.29 is 9.47 Å². The summed E-state index contributed by atoms with van der Waals surface area (Å²) >= 11 is 11.3. The number of benzene rings is 2. The molecule has 0 aromatic heterocycles. The van der Waals surface area contributed by atoms with Crippen molar-refractivity contribution in [1.29, 1.82) is 0 Å². The first-order chi connectivity index (χ1) is 10.1. The van der Waals surface area contributed by atoms with Gasteiger partial charge in [-0.15, -0.1) is 0 Å². The Balaban J connectivity index is 2.07. The topological polar surface area (TPSA) is 30.5 Å².